The molecule has 0 bridgehead atoms. The Hall–Kier alpha value is -1.26. The number of methoxy groups -OCH3 is 2. The molecular weight excluding hydrogens is 230 g/mol. The van der Waals surface area contributed by atoms with E-state index >= 15 is 0 Å². The monoisotopic (exact) mass is 251 g/mol. The molecule has 100 valence electrons. The Morgan fingerprint density at radius 3 is 2.56 bits per heavy atom. The number of rotatable bonds is 3. The highest BCUT2D eigenvalue weighted by Crippen LogP contribution is 2.31. The van der Waals surface area contributed by atoms with Gasteiger partial charge in [-0.15, -0.1) is 0 Å². The molecule has 1 unspecified atom stereocenters. The predicted molar refractivity (Wildman–Crippen MR) is 70.3 cm³/mol. The fraction of sp³-hybridized carbons (Fsp3) is 0.571. The SMILES string of the molecule is COc1ccc(C2COCC(C)(C)N2)cc1OC. The Morgan fingerprint density at radius 1 is 1.22 bits per heavy atom. The second-order valence-electron chi connectivity index (χ2n) is 5.21. The third-order valence-electron chi connectivity index (χ3n) is 3.12. The van der Waals surface area contributed by atoms with E-state index in [4.69, 9.17) is 14.2 Å². The number of morpholine rings is 1. The quantitative estimate of drug-likeness (QED) is 0.893. The largest absolute Gasteiger partial charge is 0.493 e. The number of hydrogen-bond acceptors (Lipinski definition) is 4. The summed E-state index contributed by atoms with van der Waals surface area (Å²) in [5, 5.41) is 3.58. The molecule has 1 aliphatic heterocycles. The summed E-state index contributed by atoms with van der Waals surface area (Å²) in [5.74, 6) is 1.50. The minimum absolute atomic E-state index is 0.00389. The van der Waals surface area contributed by atoms with Gasteiger partial charge in [0.25, 0.3) is 0 Å². The Kier molecular flexibility index (Phi) is 3.78. The lowest BCUT2D eigenvalue weighted by molar-refractivity contribution is 0.0127. The lowest BCUT2D eigenvalue weighted by Crippen LogP contribution is -2.51. The van der Waals surface area contributed by atoms with Gasteiger partial charge in [-0.25, -0.2) is 0 Å². The molecule has 1 aromatic rings. The lowest BCUT2D eigenvalue weighted by atomic mass is 9.98. The topological polar surface area (TPSA) is 39.7 Å². The molecule has 0 amide bonds. The second kappa shape index (κ2) is 5.16. The molecular formula is C14H21NO3. The van der Waals surface area contributed by atoms with Gasteiger partial charge in [0.15, 0.2) is 11.5 Å². The molecule has 1 fully saturated rings. The molecule has 2 rings (SSSR count). The summed E-state index contributed by atoms with van der Waals surface area (Å²) in [6.45, 7) is 5.69. The zero-order valence-corrected chi connectivity index (χ0v) is 11.4. The maximum Gasteiger partial charge on any atom is 0.161 e. The van der Waals surface area contributed by atoms with Crippen molar-refractivity contribution in [1.82, 2.24) is 5.32 Å². The van der Waals surface area contributed by atoms with Crippen LogP contribution in [0.3, 0.4) is 0 Å². The van der Waals surface area contributed by atoms with Gasteiger partial charge in [-0.2, -0.15) is 0 Å². The van der Waals surface area contributed by atoms with Gasteiger partial charge in [-0.3, -0.25) is 0 Å². The van der Waals surface area contributed by atoms with Crippen LogP contribution in [0, 0.1) is 0 Å². The zero-order valence-electron chi connectivity index (χ0n) is 11.4. The van der Waals surface area contributed by atoms with Gasteiger partial charge in [0.05, 0.1) is 33.5 Å². The number of hydrogen-bond donors (Lipinski definition) is 1. The van der Waals surface area contributed by atoms with Crippen LogP contribution < -0.4 is 14.8 Å². The van der Waals surface area contributed by atoms with Crippen LogP contribution in [-0.2, 0) is 4.74 Å². The summed E-state index contributed by atoms with van der Waals surface area (Å²) in [4.78, 5) is 0. The first-order valence-corrected chi connectivity index (χ1v) is 6.13. The molecule has 1 aliphatic rings. The number of nitrogens with one attached hydrogen (secondary N) is 1. The first kappa shape index (κ1) is 13.2. The first-order chi connectivity index (χ1) is 8.55. The smallest absolute Gasteiger partial charge is 0.161 e. The summed E-state index contributed by atoms with van der Waals surface area (Å²) in [6.07, 6.45) is 0. The fourth-order valence-corrected chi connectivity index (χ4v) is 2.24. The maximum atomic E-state index is 5.65. The van der Waals surface area contributed by atoms with Crippen molar-refractivity contribution in [3.63, 3.8) is 0 Å². The molecule has 0 aliphatic carbocycles. The Balaban J connectivity index is 2.23. The second-order valence-corrected chi connectivity index (χ2v) is 5.21. The van der Waals surface area contributed by atoms with E-state index in [-0.39, 0.29) is 11.6 Å². The Morgan fingerprint density at radius 2 is 1.94 bits per heavy atom. The summed E-state index contributed by atoms with van der Waals surface area (Å²) in [7, 11) is 3.29. The van der Waals surface area contributed by atoms with Gasteiger partial charge in [0.1, 0.15) is 0 Å². The van der Waals surface area contributed by atoms with E-state index in [0.717, 1.165) is 23.7 Å². The molecule has 0 radical (unpaired) electrons. The molecule has 4 nitrogen and oxygen atoms in total. The van der Waals surface area contributed by atoms with Crippen LogP contribution in [0.5, 0.6) is 11.5 Å². The van der Waals surface area contributed by atoms with Crippen molar-refractivity contribution in [3.05, 3.63) is 23.8 Å². The third kappa shape index (κ3) is 2.76. The highest BCUT2D eigenvalue weighted by molar-refractivity contribution is 5.44. The summed E-state index contributed by atoms with van der Waals surface area (Å²) >= 11 is 0. The average Bonchev–Trinajstić information content (AvgIpc) is 2.36. The Labute approximate surface area is 108 Å². The highest BCUT2D eigenvalue weighted by Gasteiger charge is 2.28. The van der Waals surface area contributed by atoms with Crippen molar-refractivity contribution in [1.29, 1.82) is 0 Å². The molecule has 0 aromatic heterocycles. The predicted octanol–water partition coefficient (Wildman–Crippen LogP) is 2.14. The van der Waals surface area contributed by atoms with Crippen molar-refractivity contribution in [3.8, 4) is 11.5 Å². The summed E-state index contributed by atoms with van der Waals surface area (Å²) < 4.78 is 16.2. The van der Waals surface area contributed by atoms with E-state index in [1.54, 1.807) is 14.2 Å². The van der Waals surface area contributed by atoms with Gasteiger partial charge >= 0.3 is 0 Å². The van der Waals surface area contributed by atoms with Gasteiger partial charge in [0, 0.05) is 5.54 Å². The fourth-order valence-electron chi connectivity index (χ4n) is 2.24. The first-order valence-electron chi connectivity index (χ1n) is 6.13. The van der Waals surface area contributed by atoms with Crippen LogP contribution in [0.2, 0.25) is 0 Å². The molecule has 1 heterocycles. The van der Waals surface area contributed by atoms with E-state index in [9.17, 15) is 0 Å². The van der Waals surface area contributed by atoms with E-state index in [1.807, 2.05) is 18.2 Å². The average molecular weight is 251 g/mol. The van der Waals surface area contributed by atoms with Crippen molar-refractivity contribution in [2.24, 2.45) is 0 Å². The molecule has 1 aromatic carbocycles. The van der Waals surface area contributed by atoms with E-state index in [2.05, 4.69) is 19.2 Å². The standard InChI is InChI=1S/C14H21NO3/c1-14(2)9-18-8-11(15-14)10-5-6-12(16-3)13(7-10)17-4/h5-7,11,15H,8-9H2,1-4H3. The molecule has 1 saturated heterocycles. The van der Waals surface area contributed by atoms with E-state index in [1.165, 1.54) is 0 Å². The van der Waals surface area contributed by atoms with Crippen molar-refractivity contribution in [2.45, 2.75) is 25.4 Å². The summed E-state index contributed by atoms with van der Waals surface area (Å²) in [6, 6.07) is 6.16. The van der Waals surface area contributed by atoms with Gasteiger partial charge < -0.3 is 19.5 Å². The van der Waals surface area contributed by atoms with Crippen LogP contribution in [-0.4, -0.2) is 33.0 Å². The minimum Gasteiger partial charge on any atom is -0.493 e. The minimum atomic E-state index is -0.00389. The van der Waals surface area contributed by atoms with Crippen LogP contribution in [0.25, 0.3) is 0 Å². The molecule has 4 heteroatoms. The normalized spacial score (nSPS) is 22.6. The van der Waals surface area contributed by atoms with Crippen LogP contribution >= 0.6 is 0 Å². The van der Waals surface area contributed by atoms with E-state index < -0.39 is 0 Å². The third-order valence-corrected chi connectivity index (χ3v) is 3.12. The molecule has 1 atom stereocenters. The zero-order chi connectivity index (χ0) is 13.2. The summed E-state index contributed by atoms with van der Waals surface area (Å²) in [5.41, 5.74) is 1.15. The lowest BCUT2D eigenvalue weighted by Gasteiger charge is -2.37. The molecule has 1 N–H and O–H groups in total. The Bertz CT molecular complexity index is 418. The maximum absolute atomic E-state index is 5.65. The molecule has 18 heavy (non-hydrogen) atoms. The van der Waals surface area contributed by atoms with Crippen LogP contribution in [0.15, 0.2) is 18.2 Å². The van der Waals surface area contributed by atoms with Gasteiger partial charge in [0.2, 0.25) is 0 Å². The van der Waals surface area contributed by atoms with Crippen molar-refractivity contribution >= 4 is 0 Å². The molecule has 0 saturated carbocycles. The van der Waals surface area contributed by atoms with Crippen LogP contribution in [0.1, 0.15) is 25.5 Å². The van der Waals surface area contributed by atoms with Gasteiger partial charge in [-0.05, 0) is 31.5 Å². The van der Waals surface area contributed by atoms with E-state index in [0.29, 0.717) is 6.61 Å². The van der Waals surface area contributed by atoms with Crippen molar-refractivity contribution in [2.75, 3.05) is 27.4 Å². The molecule has 0 spiro atoms. The van der Waals surface area contributed by atoms with Gasteiger partial charge in [-0.1, -0.05) is 6.07 Å². The van der Waals surface area contributed by atoms with Crippen molar-refractivity contribution < 1.29 is 14.2 Å². The highest BCUT2D eigenvalue weighted by atomic mass is 16.5. The number of benzene rings is 1. The number of ether oxygens (including phenoxy) is 3. The van der Waals surface area contributed by atoms with Crippen LogP contribution in [0.4, 0.5) is 0 Å².